The van der Waals surface area contributed by atoms with Gasteiger partial charge >= 0.3 is 6.09 Å². The Morgan fingerprint density at radius 1 is 0.724 bits per heavy atom. The number of carbonyl (C=O) groups excluding carboxylic acids is 4. The van der Waals surface area contributed by atoms with E-state index in [9.17, 15) is 19.2 Å². The second kappa shape index (κ2) is 29.5. The van der Waals surface area contributed by atoms with Gasteiger partial charge in [-0.05, 0) is 144 Å². The highest BCUT2D eigenvalue weighted by Gasteiger charge is 2.50. The Morgan fingerprint density at radius 3 is 2.09 bits per heavy atom. The number of amides is 4. The van der Waals surface area contributed by atoms with Gasteiger partial charge < -0.3 is 60.4 Å². The van der Waals surface area contributed by atoms with Crippen LogP contribution >= 0.6 is 27.9 Å². The molecule has 23 nitrogen and oxygen atoms in total. The first kappa shape index (κ1) is 67.0. The number of pyridine rings is 2. The minimum absolute atomic E-state index is 0. The van der Waals surface area contributed by atoms with Gasteiger partial charge in [-0.2, -0.15) is 4.98 Å². The van der Waals surface area contributed by atoms with Crippen molar-refractivity contribution in [3.8, 4) is 5.88 Å². The van der Waals surface area contributed by atoms with Crippen LogP contribution in [0.5, 0.6) is 5.88 Å². The van der Waals surface area contributed by atoms with Crippen LogP contribution in [0.3, 0.4) is 0 Å². The monoisotopic (exact) mass is 1280 g/mol. The number of nitrogens with one attached hydrogen (secondary N) is 4. The normalized spacial score (nSPS) is 22.2. The molecule has 1 aromatic carbocycles. The number of anilines is 1. The SMILES string of the molecule is BrCc1cn(Sc2ccccc2)c2ncccc12.C.CC(C)(C)OC(=O)N1CCC2(CCCNC2=O)C1.COC1=CCN=C(N2CCC3(CCCNC3=O)C2)N1.COc1ccnc(N2CCC3(CCCN(Cc4c[nH]c5ncccc45)C3=O)C2)n1.O.O. The minimum Gasteiger partial charge on any atom is -0.482 e. The summed E-state index contributed by atoms with van der Waals surface area (Å²) in [6, 6.07) is 20.1. The molecule has 12 heterocycles. The number of hydrogen-bond donors (Lipinski definition) is 4. The molecule has 6 saturated heterocycles. The van der Waals surface area contributed by atoms with Crippen molar-refractivity contribution in [1.82, 2.24) is 59.5 Å². The third-order valence-corrected chi connectivity index (χ3v) is 18.3. The van der Waals surface area contributed by atoms with Crippen LogP contribution in [0, 0.1) is 16.2 Å². The number of likely N-dealkylation sites (tertiary alicyclic amines) is 3. The lowest BCUT2D eigenvalue weighted by molar-refractivity contribution is -0.145. The molecule has 0 bridgehead atoms. The number of aliphatic imine (C=N–C) groups is 1. The maximum Gasteiger partial charge on any atom is 0.410 e. The van der Waals surface area contributed by atoms with Gasteiger partial charge in [0.25, 0.3) is 0 Å². The average molecular weight is 1280 g/mol. The smallest absolute Gasteiger partial charge is 0.410 e. The van der Waals surface area contributed by atoms with Crippen LogP contribution in [-0.2, 0) is 35.7 Å². The maximum absolute atomic E-state index is 13.5. The fraction of sp³-hybridized carbons (Fsp3) is 0.500. The van der Waals surface area contributed by atoms with Gasteiger partial charge in [-0.25, -0.2) is 24.7 Å². The van der Waals surface area contributed by atoms with E-state index in [1.54, 1.807) is 49.5 Å². The molecule has 8 N–H and O–H groups in total. The zero-order chi connectivity index (χ0) is 58.9. The molecule has 3 spiro atoms. The van der Waals surface area contributed by atoms with E-state index in [2.05, 4.69) is 106 Å². The summed E-state index contributed by atoms with van der Waals surface area (Å²) >= 11 is 5.21. The highest BCUT2D eigenvalue weighted by Crippen LogP contribution is 2.43. The molecule has 470 valence electrons. The summed E-state index contributed by atoms with van der Waals surface area (Å²) in [4.78, 5) is 84.1. The number of aromatic amines is 1. The van der Waals surface area contributed by atoms with Gasteiger partial charge in [0, 0.05) is 123 Å². The number of aromatic nitrogens is 6. The number of halogens is 1. The number of hydrogen-bond acceptors (Lipinski definition) is 16. The number of nitrogens with zero attached hydrogens (tertiary/aromatic N) is 10. The number of alkyl halides is 1. The fourth-order valence-corrected chi connectivity index (χ4v) is 13.7. The van der Waals surface area contributed by atoms with Crippen molar-refractivity contribution in [3.63, 3.8) is 0 Å². The molecule has 6 aromatic rings. The predicted octanol–water partition coefficient (Wildman–Crippen LogP) is 7.41. The van der Waals surface area contributed by atoms with Crippen molar-refractivity contribution in [2.45, 2.75) is 108 Å². The van der Waals surface area contributed by atoms with Gasteiger partial charge in [0.15, 0.2) is 5.88 Å². The molecule has 5 aromatic heterocycles. The zero-order valence-corrected chi connectivity index (χ0v) is 52.1. The molecular weight excluding hydrogens is 1200 g/mol. The van der Waals surface area contributed by atoms with Gasteiger partial charge in [0.05, 0.1) is 37.0 Å². The summed E-state index contributed by atoms with van der Waals surface area (Å²) < 4.78 is 17.9. The Balaban J connectivity index is 0.000000168. The third-order valence-electron chi connectivity index (χ3n) is 16.7. The number of rotatable bonds is 8. The van der Waals surface area contributed by atoms with Crippen LogP contribution < -0.4 is 25.6 Å². The summed E-state index contributed by atoms with van der Waals surface area (Å²) in [5.41, 5.74) is 2.85. The highest BCUT2D eigenvalue weighted by molar-refractivity contribution is 9.08. The Hall–Kier alpha value is -7.48. The molecular formula is C62H85BrN14O9S. The number of piperidine rings is 3. The largest absolute Gasteiger partial charge is 0.482 e. The van der Waals surface area contributed by atoms with E-state index in [0.29, 0.717) is 44.6 Å². The van der Waals surface area contributed by atoms with E-state index in [1.807, 2.05) is 74.5 Å². The fourth-order valence-electron chi connectivity index (χ4n) is 12.3. The van der Waals surface area contributed by atoms with Crippen LogP contribution in [0.1, 0.15) is 97.1 Å². The van der Waals surface area contributed by atoms with Gasteiger partial charge in [0.2, 0.25) is 35.5 Å². The zero-order valence-electron chi connectivity index (χ0n) is 49.7. The Bertz CT molecular complexity index is 3380. The van der Waals surface area contributed by atoms with Crippen molar-refractivity contribution in [2.75, 3.05) is 84.6 Å². The summed E-state index contributed by atoms with van der Waals surface area (Å²) in [6.07, 6.45) is 19.4. The molecule has 4 amide bonds. The van der Waals surface area contributed by atoms with Gasteiger partial charge in [-0.3, -0.25) is 23.7 Å². The van der Waals surface area contributed by atoms with E-state index in [4.69, 9.17) is 14.2 Å². The summed E-state index contributed by atoms with van der Waals surface area (Å²) in [6.45, 7) is 13.3. The molecule has 0 saturated carbocycles. The van der Waals surface area contributed by atoms with Gasteiger partial charge in [0.1, 0.15) is 16.9 Å². The van der Waals surface area contributed by atoms with E-state index in [0.717, 1.165) is 136 Å². The Labute approximate surface area is 521 Å². The third kappa shape index (κ3) is 15.4. The van der Waals surface area contributed by atoms with E-state index >= 15 is 0 Å². The molecule has 7 aliphatic rings. The summed E-state index contributed by atoms with van der Waals surface area (Å²) in [7, 11) is 3.24. The Morgan fingerprint density at radius 2 is 1.39 bits per heavy atom. The van der Waals surface area contributed by atoms with Crippen LogP contribution in [0.15, 0.2) is 113 Å². The predicted molar refractivity (Wildman–Crippen MR) is 341 cm³/mol. The lowest BCUT2D eigenvalue weighted by Crippen LogP contribution is -2.49. The van der Waals surface area contributed by atoms with Crippen LogP contribution in [0.25, 0.3) is 22.1 Å². The molecule has 0 aliphatic carbocycles. The Kier molecular flexibility index (Phi) is 22.7. The van der Waals surface area contributed by atoms with Crippen LogP contribution in [-0.4, -0.2) is 170 Å². The quantitative estimate of drug-likeness (QED) is 0.108. The molecule has 3 unspecified atom stereocenters. The number of benzene rings is 1. The number of methoxy groups -OCH3 is 2. The second-order valence-electron chi connectivity index (χ2n) is 23.5. The van der Waals surface area contributed by atoms with Crippen LogP contribution in [0.4, 0.5) is 10.7 Å². The summed E-state index contributed by atoms with van der Waals surface area (Å²) in [5.74, 6) is 3.29. The van der Waals surface area contributed by atoms with E-state index in [1.165, 1.54) is 15.8 Å². The van der Waals surface area contributed by atoms with Crippen molar-refractivity contribution >= 4 is 85.7 Å². The lowest BCUT2D eigenvalue weighted by atomic mass is 9.78. The average Bonchev–Trinajstić information content (AvgIpc) is 2.67. The second-order valence-corrected chi connectivity index (χ2v) is 25.1. The number of fused-ring (bicyclic) bond motifs is 2. The molecule has 3 atom stereocenters. The minimum atomic E-state index is -0.484. The molecule has 25 heteroatoms. The van der Waals surface area contributed by atoms with Crippen molar-refractivity contribution in [2.24, 2.45) is 21.2 Å². The van der Waals surface area contributed by atoms with Gasteiger partial charge in [-0.1, -0.05) is 41.6 Å². The summed E-state index contributed by atoms with van der Waals surface area (Å²) in [5, 5.41) is 12.2. The molecule has 87 heavy (non-hydrogen) atoms. The molecule has 6 fully saturated rings. The van der Waals surface area contributed by atoms with Crippen molar-refractivity contribution in [1.29, 1.82) is 0 Å². The van der Waals surface area contributed by atoms with Gasteiger partial charge in [-0.15, -0.1) is 0 Å². The highest BCUT2D eigenvalue weighted by atomic mass is 79.9. The number of guanidine groups is 1. The molecule has 0 radical (unpaired) electrons. The topological polar surface area (TPSA) is 293 Å². The van der Waals surface area contributed by atoms with Crippen molar-refractivity contribution in [3.05, 3.63) is 115 Å². The number of H-pyrrole nitrogens is 1. The standard InChI is InChI=1S/C21H24N6O2.C14H11BrN2S.C13H20N4O2.C13H22N2O3.CH4.2H2O/c1-29-17-5-9-23-20(25-17)27-11-7-21(14-27)6-3-10-26(19(21)28)13-15-12-24-18-16(15)4-2-8-22-18;15-9-11-10-17(14-13(11)7-4-8-16-14)18-12-5-2-1-3-6-12;1-19-10-3-7-15-12(16-10)17-8-5-13(9-17)4-2-6-14-11(13)18;1-12(2,3)18-11(17)15-8-6-13(9-15)5-4-7-14-10(13)16;;;/h2,4-5,8-9,12H,3,6-7,10-11,13-14H2,1H3,(H,22,24);1-8,10H,9H2;3H,2,4-9H2,1H3,(H,14,18)(H,15,16);4-9H2,1-3H3,(H,14,16);1H4;2*1H2. The lowest BCUT2D eigenvalue weighted by Gasteiger charge is -2.39. The van der Waals surface area contributed by atoms with E-state index in [-0.39, 0.29) is 58.4 Å². The first-order valence-corrected chi connectivity index (χ1v) is 30.9. The van der Waals surface area contributed by atoms with Crippen molar-refractivity contribution < 1.29 is 44.3 Å². The first-order chi connectivity index (χ1) is 40.6. The molecule has 7 aliphatic heterocycles. The number of ether oxygens (including phenoxy) is 3. The molecule has 13 rings (SSSR count). The van der Waals surface area contributed by atoms with E-state index < -0.39 is 5.60 Å². The first-order valence-electron chi connectivity index (χ1n) is 29.0. The van der Waals surface area contributed by atoms with Crippen LogP contribution in [0.2, 0.25) is 0 Å². The number of carbonyl (C=O) groups is 4. The maximum atomic E-state index is 13.5.